The van der Waals surface area contributed by atoms with Crippen molar-refractivity contribution >= 4 is 5.91 Å². The van der Waals surface area contributed by atoms with Crippen LogP contribution in [-0.2, 0) is 0 Å². The predicted octanol–water partition coefficient (Wildman–Crippen LogP) is 0.555. The van der Waals surface area contributed by atoms with E-state index in [1.807, 2.05) is 0 Å². The Morgan fingerprint density at radius 3 is 3.06 bits per heavy atom. The largest absolute Gasteiger partial charge is 0.364 e. The quantitative estimate of drug-likeness (QED) is 0.729. The lowest BCUT2D eigenvalue weighted by Gasteiger charge is -2.10. The summed E-state index contributed by atoms with van der Waals surface area (Å²) >= 11 is 0. The number of amides is 1. The fourth-order valence-electron chi connectivity index (χ4n) is 2.21. The van der Waals surface area contributed by atoms with Crippen LogP contribution in [0.25, 0.3) is 0 Å². The van der Waals surface area contributed by atoms with Gasteiger partial charge in [-0.05, 0) is 32.7 Å². The highest BCUT2D eigenvalue weighted by molar-refractivity contribution is 5.93. The van der Waals surface area contributed by atoms with Gasteiger partial charge in [0.05, 0.1) is 0 Å². The second-order valence-corrected chi connectivity index (χ2v) is 4.73. The molecule has 2 heterocycles. The molecule has 1 aromatic heterocycles. The molecule has 1 aliphatic rings. The molecule has 98 valence electrons. The Morgan fingerprint density at radius 1 is 1.56 bits per heavy atom. The zero-order valence-corrected chi connectivity index (χ0v) is 10.6. The normalized spacial score (nSPS) is 18.8. The number of hydrogen-bond acceptors (Lipinski definition) is 3. The van der Waals surface area contributed by atoms with E-state index < -0.39 is 0 Å². The van der Waals surface area contributed by atoms with Crippen molar-refractivity contribution in [3.63, 3.8) is 0 Å². The summed E-state index contributed by atoms with van der Waals surface area (Å²) in [5, 5.41) is 6.16. The smallest absolute Gasteiger partial charge is 0.256 e. The Balaban J connectivity index is 1.85. The van der Waals surface area contributed by atoms with E-state index in [1.54, 1.807) is 6.92 Å². The van der Waals surface area contributed by atoms with Gasteiger partial charge in [0.25, 0.3) is 5.91 Å². The van der Waals surface area contributed by atoms with E-state index >= 15 is 0 Å². The maximum atomic E-state index is 11.8. The third kappa shape index (κ3) is 3.20. The van der Waals surface area contributed by atoms with E-state index in [0.29, 0.717) is 12.6 Å². The molecule has 5 heteroatoms. The van der Waals surface area contributed by atoms with Crippen LogP contribution in [-0.4, -0.2) is 30.0 Å². The van der Waals surface area contributed by atoms with Crippen LogP contribution in [0.1, 0.15) is 35.3 Å². The van der Waals surface area contributed by atoms with Crippen molar-refractivity contribution in [1.29, 1.82) is 0 Å². The molecule has 1 atom stereocenters. The van der Waals surface area contributed by atoms with Gasteiger partial charge in [0.1, 0.15) is 5.56 Å². The molecule has 1 fully saturated rings. The molecule has 3 N–H and O–H groups in total. The summed E-state index contributed by atoms with van der Waals surface area (Å²) in [6, 6.07) is 1.94. The van der Waals surface area contributed by atoms with Crippen molar-refractivity contribution in [2.45, 2.75) is 32.2 Å². The number of aromatic nitrogens is 1. The minimum absolute atomic E-state index is 0.181. The fourth-order valence-corrected chi connectivity index (χ4v) is 2.21. The molecule has 1 amide bonds. The molecule has 0 unspecified atom stereocenters. The first kappa shape index (κ1) is 12.8. The van der Waals surface area contributed by atoms with Crippen LogP contribution in [0.4, 0.5) is 0 Å². The minimum Gasteiger partial charge on any atom is -0.364 e. The van der Waals surface area contributed by atoms with Gasteiger partial charge in [-0.1, -0.05) is 0 Å². The molecule has 5 nitrogen and oxygen atoms in total. The van der Waals surface area contributed by atoms with Gasteiger partial charge in [0.15, 0.2) is 5.43 Å². The lowest BCUT2D eigenvalue weighted by molar-refractivity contribution is 0.0951. The first-order valence-electron chi connectivity index (χ1n) is 6.38. The molecule has 0 radical (unpaired) electrons. The summed E-state index contributed by atoms with van der Waals surface area (Å²) in [6.45, 7) is 3.45. The van der Waals surface area contributed by atoms with E-state index in [9.17, 15) is 9.59 Å². The van der Waals surface area contributed by atoms with Crippen molar-refractivity contribution in [3.8, 4) is 0 Å². The molecule has 0 bridgehead atoms. The highest BCUT2D eigenvalue weighted by atomic mass is 16.2. The maximum Gasteiger partial charge on any atom is 0.256 e. The van der Waals surface area contributed by atoms with Crippen LogP contribution in [0.3, 0.4) is 0 Å². The standard InChI is InChI=1S/C13H19N3O2/c1-9-7-12(17)11(8-16-9)13(18)15-6-4-10-3-2-5-14-10/h7-8,10,14H,2-6H2,1H3,(H,15,18)(H,16,17)/t10-/m0/s1. The van der Waals surface area contributed by atoms with Crippen molar-refractivity contribution < 1.29 is 4.79 Å². The third-order valence-corrected chi connectivity index (χ3v) is 3.24. The number of rotatable bonds is 4. The number of pyridine rings is 1. The van der Waals surface area contributed by atoms with Gasteiger partial charge in [-0.25, -0.2) is 0 Å². The zero-order valence-electron chi connectivity index (χ0n) is 10.6. The predicted molar refractivity (Wildman–Crippen MR) is 69.8 cm³/mol. The van der Waals surface area contributed by atoms with Crippen LogP contribution in [0.2, 0.25) is 0 Å². The van der Waals surface area contributed by atoms with Gasteiger partial charge in [-0.2, -0.15) is 0 Å². The second kappa shape index (κ2) is 5.82. The number of hydrogen-bond donors (Lipinski definition) is 3. The molecule has 0 aliphatic carbocycles. The van der Waals surface area contributed by atoms with Gasteiger partial charge in [0.2, 0.25) is 0 Å². The molecule has 2 rings (SSSR count). The molecule has 1 saturated heterocycles. The molecule has 0 spiro atoms. The van der Waals surface area contributed by atoms with Crippen molar-refractivity contribution in [3.05, 3.63) is 33.7 Å². The second-order valence-electron chi connectivity index (χ2n) is 4.73. The van der Waals surface area contributed by atoms with Crippen molar-refractivity contribution in [2.24, 2.45) is 0 Å². The SMILES string of the molecule is Cc1cc(=O)c(C(=O)NCC[C@@H]2CCCN2)c[nH]1. The molecular formula is C13H19N3O2. The number of nitrogens with one attached hydrogen (secondary N) is 3. The van der Waals surface area contributed by atoms with E-state index in [2.05, 4.69) is 15.6 Å². The van der Waals surface area contributed by atoms with E-state index in [4.69, 9.17) is 0 Å². The van der Waals surface area contributed by atoms with E-state index in [0.717, 1.165) is 18.7 Å². The summed E-state index contributed by atoms with van der Waals surface area (Å²) in [4.78, 5) is 26.3. The molecular weight excluding hydrogens is 230 g/mol. The van der Waals surface area contributed by atoms with Crippen LogP contribution in [0, 0.1) is 6.92 Å². The topological polar surface area (TPSA) is 74.0 Å². The highest BCUT2D eigenvalue weighted by Crippen LogP contribution is 2.07. The number of H-pyrrole nitrogens is 1. The van der Waals surface area contributed by atoms with Gasteiger partial charge >= 0.3 is 0 Å². The average Bonchev–Trinajstić information content (AvgIpc) is 2.81. The van der Waals surface area contributed by atoms with Crippen LogP contribution in [0.5, 0.6) is 0 Å². The van der Waals surface area contributed by atoms with Crippen LogP contribution < -0.4 is 16.1 Å². The molecule has 1 aromatic rings. The lowest BCUT2D eigenvalue weighted by atomic mass is 10.1. The van der Waals surface area contributed by atoms with Crippen LogP contribution >= 0.6 is 0 Å². The summed E-state index contributed by atoms with van der Waals surface area (Å²) < 4.78 is 0. The minimum atomic E-state index is -0.297. The first-order chi connectivity index (χ1) is 8.66. The van der Waals surface area contributed by atoms with Crippen LogP contribution in [0.15, 0.2) is 17.1 Å². The molecule has 0 saturated carbocycles. The number of carbonyl (C=O) groups is 1. The highest BCUT2D eigenvalue weighted by Gasteiger charge is 2.14. The van der Waals surface area contributed by atoms with Gasteiger partial charge in [0, 0.05) is 30.5 Å². The zero-order chi connectivity index (χ0) is 13.0. The first-order valence-corrected chi connectivity index (χ1v) is 6.38. The molecule has 18 heavy (non-hydrogen) atoms. The third-order valence-electron chi connectivity index (χ3n) is 3.24. The number of carbonyl (C=O) groups excluding carboxylic acids is 1. The molecule has 0 aromatic carbocycles. The Morgan fingerprint density at radius 2 is 2.39 bits per heavy atom. The number of aromatic amines is 1. The Labute approximate surface area is 106 Å². The Bertz CT molecular complexity index is 475. The van der Waals surface area contributed by atoms with E-state index in [-0.39, 0.29) is 16.9 Å². The average molecular weight is 249 g/mol. The van der Waals surface area contributed by atoms with Crippen molar-refractivity contribution in [2.75, 3.05) is 13.1 Å². The summed E-state index contributed by atoms with van der Waals surface area (Å²) in [6.07, 6.45) is 4.76. The number of aryl methyl sites for hydroxylation is 1. The van der Waals surface area contributed by atoms with Gasteiger partial charge in [-0.3, -0.25) is 9.59 Å². The van der Waals surface area contributed by atoms with Crippen molar-refractivity contribution in [1.82, 2.24) is 15.6 Å². The van der Waals surface area contributed by atoms with Gasteiger partial charge in [-0.15, -0.1) is 0 Å². The maximum absolute atomic E-state index is 11.8. The Kier molecular flexibility index (Phi) is 4.15. The fraction of sp³-hybridized carbons (Fsp3) is 0.538. The summed E-state index contributed by atoms with van der Waals surface area (Å²) in [5.41, 5.74) is 0.703. The Hall–Kier alpha value is -1.62. The summed E-state index contributed by atoms with van der Waals surface area (Å²) in [5.74, 6) is -0.297. The molecule has 1 aliphatic heterocycles. The summed E-state index contributed by atoms with van der Waals surface area (Å²) in [7, 11) is 0. The lowest BCUT2D eigenvalue weighted by Crippen LogP contribution is -2.33. The van der Waals surface area contributed by atoms with E-state index in [1.165, 1.54) is 25.1 Å². The van der Waals surface area contributed by atoms with Gasteiger partial charge < -0.3 is 15.6 Å². The monoisotopic (exact) mass is 249 g/mol.